The molecule has 1 aromatic heterocycles. The molecule has 1 fully saturated rings. The van der Waals surface area contributed by atoms with E-state index in [0.29, 0.717) is 13.2 Å². The third-order valence-electron chi connectivity index (χ3n) is 3.88. The van der Waals surface area contributed by atoms with Crippen molar-refractivity contribution in [3.05, 3.63) is 59.9 Å². The van der Waals surface area contributed by atoms with Crippen molar-refractivity contribution in [2.45, 2.75) is 32.0 Å². The number of carbonyl (C=O) groups is 1. The fourth-order valence-corrected chi connectivity index (χ4v) is 2.57. The second-order valence-electron chi connectivity index (χ2n) is 5.62. The van der Waals surface area contributed by atoms with Crippen molar-refractivity contribution in [2.75, 3.05) is 6.54 Å². The summed E-state index contributed by atoms with van der Waals surface area (Å²) in [5, 5.41) is 6.16. The summed E-state index contributed by atoms with van der Waals surface area (Å²) in [4.78, 5) is 16.2. The van der Waals surface area contributed by atoms with Crippen LogP contribution in [0.15, 0.2) is 48.7 Å². The Bertz CT molecular complexity index is 622. The highest BCUT2D eigenvalue weighted by molar-refractivity contribution is 5.81. The molecule has 0 bridgehead atoms. The summed E-state index contributed by atoms with van der Waals surface area (Å²) in [5.41, 5.74) is 1.95. The Hall–Kier alpha value is -2.40. The van der Waals surface area contributed by atoms with Crippen LogP contribution >= 0.6 is 0 Å². The first-order valence-electron chi connectivity index (χ1n) is 7.94. The van der Waals surface area contributed by atoms with Crippen molar-refractivity contribution in [1.82, 2.24) is 15.6 Å². The molecule has 2 N–H and O–H groups in total. The number of benzene rings is 1. The molecule has 1 atom stereocenters. The third-order valence-corrected chi connectivity index (χ3v) is 3.88. The maximum atomic E-state index is 11.9. The van der Waals surface area contributed by atoms with E-state index in [0.717, 1.165) is 36.4 Å². The highest BCUT2D eigenvalue weighted by atomic mass is 16.5. The van der Waals surface area contributed by atoms with E-state index in [2.05, 4.69) is 15.6 Å². The molecular formula is C18H21N3O2. The molecule has 0 aliphatic carbocycles. The van der Waals surface area contributed by atoms with Gasteiger partial charge >= 0.3 is 0 Å². The van der Waals surface area contributed by atoms with Gasteiger partial charge in [-0.1, -0.05) is 18.2 Å². The summed E-state index contributed by atoms with van der Waals surface area (Å²) in [6.45, 7) is 1.92. The van der Waals surface area contributed by atoms with Crippen LogP contribution < -0.4 is 15.4 Å². The molecule has 1 aliphatic heterocycles. The lowest BCUT2D eigenvalue weighted by atomic mass is 10.2. The van der Waals surface area contributed by atoms with Crippen LogP contribution in [0.4, 0.5) is 0 Å². The van der Waals surface area contributed by atoms with Gasteiger partial charge in [0.2, 0.25) is 5.91 Å². The summed E-state index contributed by atoms with van der Waals surface area (Å²) in [6.07, 6.45) is 3.75. The predicted octanol–water partition coefficient (Wildman–Crippen LogP) is 2.03. The Balaban J connectivity index is 1.46. The van der Waals surface area contributed by atoms with Crippen LogP contribution in [0, 0.1) is 0 Å². The topological polar surface area (TPSA) is 63.2 Å². The van der Waals surface area contributed by atoms with Gasteiger partial charge in [-0.2, -0.15) is 0 Å². The summed E-state index contributed by atoms with van der Waals surface area (Å²) < 4.78 is 5.69. The van der Waals surface area contributed by atoms with Crippen molar-refractivity contribution in [3.8, 4) is 5.75 Å². The van der Waals surface area contributed by atoms with E-state index >= 15 is 0 Å². The summed E-state index contributed by atoms with van der Waals surface area (Å²) in [7, 11) is 0. The average molecular weight is 311 g/mol. The summed E-state index contributed by atoms with van der Waals surface area (Å²) in [5.74, 6) is 0.876. The Labute approximate surface area is 136 Å². The van der Waals surface area contributed by atoms with E-state index in [1.54, 1.807) is 6.20 Å². The molecule has 23 heavy (non-hydrogen) atoms. The monoisotopic (exact) mass is 311 g/mol. The zero-order valence-corrected chi connectivity index (χ0v) is 13.0. The molecule has 0 spiro atoms. The van der Waals surface area contributed by atoms with Gasteiger partial charge in [0.25, 0.3) is 0 Å². The van der Waals surface area contributed by atoms with Crippen LogP contribution in [-0.4, -0.2) is 23.5 Å². The maximum Gasteiger partial charge on any atom is 0.237 e. The van der Waals surface area contributed by atoms with E-state index in [9.17, 15) is 4.79 Å². The van der Waals surface area contributed by atoms with Crippen molar-refractivity contribution in [2.24, 2.45) is 0 Å². The molecular weight excluding hydrogens is 290 g/mol. The van der Waals surface area contributed by atoms with Gasteiger partial charge in [-0.3, -0.25) is 9.78 Å². The molecule has 1 saturated heterocycles. The molecule has 120 valence electrons. The van der Waals surface area contributed by atoms with Gasteiger partial charge in [0, 0.05) is 12.7 Å². The number of ether oxygens (including phenoxy) is 1. The molecule has 2 heterocycles. The number of amides is 1. The molecule has 1 aromatic carbocycles. The first-order chi connectivity index (χ1) is 11.3. The van der Waals surface area contributed by atoms with Crippen LogP contribution in [0.25, 0.3) is 0 Å². The van der Waals surface area contributed by atoms with Gasteiger partial charge in [-0.15, -0.1) is 0 Å². The molecule has 2 aromatic rings. The number of nitrogens with one attached hydrogen (secondary N) is 2. The first-order valence-corrected chi connectivity index (χ1v) is 7.94. The number of nitrogens with zero attached hydrogens (tertiary/aromatic N) is 1. The van der Waals surface area contributed by atoms with Crippen LogP contribution in [0.1, 0.15) is 24.1 Å². The lowest BCUT2D eigenvalue weighted by Gasteiger charge is -2.11. The average Bonchev–Trinajstić information content (AvgIpc) is 3.14. The Kier molecular flexibility index (Phi) is 5.21. The molecule has 1 amide bonds. The minimum atomic E-state index is -0.0315. The first kappa shape index (κ1) is 15.5. The lowest BCUT2D eigenvalue weighted by Crippen LogP contribution is -2.39. The Morgan fingerprint density at radius 1 is 1.26 bits per heavy atom. The lowest BCUT2D eigenvalue weighted by molar-refractivity contribution is -0.122. The highest BCUT2D eigenvalue weighted by Gasteiger charge is 2.21. The number of pyridine rings is 1. The molecule has 3 rings (SSSR count). The SMILES string of the molecule is O=C(NCc1ccc(OCc2ccccn2)cc1)[C@@H]1CCCN1. The maximum absolute atomic E-state index is 11.9. The largest absolute Gasteiger partial charge is 0.487 e. The van der Waals surface area contributed by atoms with Crippen molar-refractivity contribution in [1.29, 1.82) is 0 Å². The zero-order valence-electron chi connectivity index (χ0n) is 13.0. The smallest absolute Gasteiger partial charge is 0.237 e. The summed E-state index contributed by atoms with van der Waals surface area (Å²) in [6, 6.07) is 13.5. The number of carbonyl (C=O) groups excluding carboxylic acids is 1. The highest BCUT2D eigenvalue weighted by Crippen LogP contribution is 2.14. The van der Waals surface area contributed by atoms with Gasteiger partial charge in [-0.25, -0.2) is 0 Å². The Morgan fingerprint density at radius 2 is 2.13 bits per heavy atom. The minimum absolute atomic E-state index is 0.0315. The minimum Gasteiger partial charge on any atom is -0.487 e. The third kappa shape index (κ3) is 4.53. The van der Waals surface area contributed by atoms with Gasteiger partial charge in [-0.05, 0) is 49.2 Å². The molecule has 0 saturated carbocycles. The molecule has 0 radical (unpaired) electrons. The molecule has 5 nitrogen and oxygen atoms in total. The molecule has 0 unspecified atom stereocenters. The van der Waals surface area contributed by atoms with Crippen LogP contribution in [0.2, 0.25) is 0 Å². The second-order valence-corrected chi connectivity index (χ2v) is 5.62. The van der Waals surface area contributed by atoms with Crippen molar-refractivity contribution in [3.63, 3.8) is 0 Å². The zero-order chi connectivity index (χ0) is 15.9. The quantitative estimate of drug-likeness (QED) is 0.857. The standard InChI is InChI=1S/C18H21N3O2/c22-18(17-5-3-11-20-17)21-12-14-6-8-16(9-7-14)23-13-15-4-1-2-10-19-15/h1-2,4,6-10,17,20H,3,5,11-13H2,(H,21,22)/t17-/m0/s1. The van der Waals surface area contributed by atoms with Gasteiger partial charge in [0.05, 0.1) is 11.7 Å². The van der Waals surface area contributed by atoms with Gasteiger partial charge in [0.1, 0.15) is 12.4 Å². The normalized spacial score (nSPS) is 17.0. The second kappa shape index (κ2) is 7.74. The fourth-order valence-electron chi connectivity index (χ4n) is 2.57. The van der Waals surface area contributed by atoms with E-state index < -0.39 is 0 Å². The van der Waals surface area contributed by atoms with Crippen LogP contribution in [-0.2, 0) is 17.9 Å². The van der Waals surface area contributed by atoms with Crippen molar-refractivity contribution >= 4 is 5.91 Å². The predicted molar refractivity (Wildman–Crippen MR) is 87.9 cm³/mol. The number of hydrogen-bond donors (Lipinski definition) is 2. The molecule has 5 heteroatoms. The molecule has 1 aliphatic rings. The van der Waals surface area contributed by atoms with E-state index in [1.807, 2.05) is 42.5 Å². The van der Waals surface area contributed by atoms with E-state index in [4.69, 9.17) is 4.74 Å². The number of aromatic nitrogens is 1. The van der Waals surface area contributed by atoms with Crippen LogP contribution in [0.5, 0.6) is 5.75 Å². The van der Waals surface area contributed by atoms with E-state index in [-0.39, 0.29) is 11.9 Å². The van der Waals surface area contributed by atoms with Gasteiger partial charge in [0.15, 0.2) is 0 Å². The number of hydrogen-bond acceptors (Lipinski definition) is 4. The fraction of sp³-hybridized carbons (Fsp3) is 0.333. The van der Waals surface area contributed by atoms with Crippen molar-refractivity contribution < 1.29 is 9.53 Å². The van der Waals surface area contributed by atoms with Gasteiger partial charge < -0.3 is 15.4 Å². The number of rotatable bonds is 6. The van der Waals surface area contributed by atoms with E-state index in [1.165, 1.54) is 0 Å². The van der Waals surface area contributed by atoms with Crippen LogP contribution in [0.3, 0.4) is 0 Å². The Morgan fingerprint density at radius 3 is 2.83 bits per heavy atom. The summed E-state index contributed by atoms with van der Waals surface area (Å²) >= 11 is 0.